The predicted molar refractivity (Wildman–Crippen MR) is 76.0 cm³/mol. The molecule has 0 aliphatic carbocycles. The number of hydrogen-bond donors (Lipinski definition) is 1. The van der Waals surface area contributed by atoms with Gasteiger partial charge in [0.1, 0.15) is 0 Å². The van der Waals surface area contributed by atoms with E-state index in [1.54, 1.807) is 13.1 Å². The number of rotatable bonds is 6. The summed E-state index contributed by atoms with van der Waals surface area (Å²) < 4.78 is 50.0. The maximum atomic E-state index is 12.7. The van der Waals surface area contributed by atoms with Gasteiger partial charge in [0, 0.05) is 28.3 Å². The van der Waals surface area contributed by atoms with Crippen LogP contribution in [0.5, 0.6) is 0 Å². The lowest BCUT2D eigenvalue weighted by Gasteiger charge is -2.18. The van der Waals surface area contributed by atoms with Crippen molar-refractivity contribution in [1.29, 1.82) is 0 Å². The quantitative estimate of drug-likeness (QED) is 0.873. The van der Waals surface area contributed by atoms with E-state index in [0.717, 1.165) is 12.1 Å². The van der Waals surface area contributed by atoms with Crippen molar-refractivity contribution in [3.8, 4) is 0 Å². The molecule has 1 aromatic carbocycles. The van der Waals surface area contributed by atoms with Gasteiger partial charge in [-0.2, -0.15) is 13.2 Å². The molecule has 0 aromatic heterocycles. The van der Waals surface area contributed by atoms with E-state index in [-0.39, 0.29) is 6.04 Å². The molecule has 0 aliphatic rings. The molecule has 20 heavy (non-hydrogen) atoms. The van der Waals surface area contributed by atoms with E-state index in [2.05, 4.69) is 5.32 Å². The first kappa shape index (κ1) is 17.2. The molecule has 1 aromatic rings. The lowest BCUT2D eigenvalue weighted by Crippen LogP contribution is -2.25. The number of alkyl halides is 3. The Balaban J connectivity index is 2.87. The van der Waals surface area contributed by atoms with Crippen molar-refractivity contribution in [1.82, 2.24) is 5.32 Å². The maximum absolute atomic E-state index is 12.7. The molecule has 2 unspecified atom stereocenters. The molecule has 0 heterocycles. The Bertz CT molecular complexity index is 460. The third-order valence-electron chi connectivity index (χ3n) is 2.84. The summed E-state index contributed by atoms with van der Waals surface area (Å²) in [7, 11) is 0.612. The van der Waals surface area contributed by atoms with Crippen molar-refractivity contribution in [2.75, 3.05) is 18.6 Å². The molecule has 114 valence electrons. The normalized spacial score (nSPS) is 15.3. The zero-order chi connectivity index (χ0) is 15.3. The van der Waals surface area contributed by atoms with Crippen LogP contribution in [0.2, 0.25) is 0 Å². The Hall–Kier alpha value is -0.880. The smallest absolute Gasteiger partial charge is 0.312 e. The second-order valence-corrected chi connectivity index (χ2v) is 6.68. The predicted octanol–water partition coefficient (Wildman–Crippen LogP) is 3.37. The minimum absolute atomic E-state index is 0.301. The average molecular weight is 307 g/mol. The fourth-order valence-electron chi connectivity index (χ4n) is 1.90. The van der Waals surface area contributed by atoms with E-state index in [0.29, 0.717) is 23.0 Å². The number of benzene rings is 1. The highest BCUT2D eigenvalue weighted by Gasteiger charge is 2.31. The van der Waals surface area contributed by atoms with Crippen molar-refractivity contribution in [3.63, 3.8) is 0 Å². The molecule has 0 radical (unpaired) electrons. The van der Waals surface area contributed by atoms with Gasteiger partial charge in [-0.15, -0.1) is 0 Å². The van der Waals surface area contributed by atoms with Crippen LogP contribution in [0.1, 0.15) is 31.0 Å². The van der Waals surface area contributed by atoms with Gasteiger partial charge in [-0.05, 0) is 30.7 Å². The van der Waals surface area contributed by atoms with E-state index in [1.165, 1.54) is 6.07 Å². The molecule has 2 nitrogen and oxygen atoms in total. The molecule has 0 fully saturated rings. The van der Waals surface area contributed by atoms with Crippen molar-refractivity contribution in [2.45, 2.75) is 26.1 Å². The second-order valence-electron chi connectivity index (χ2n) is 5.13. The molecule has 0 bridgehead atoms. The Morgan fingerprint density at radius 3 is 2.40 bits per heavy atom. The summed E-state index contributed by atoms with van der Waals surface area (Å²) in [5, 5.41) is 2.94. The molecule has 0 saturated heterocycles. The van der Waals surface area contributed by atoms with Gasteiger partial charge in [0.25, 0.3) is 0 Å². The first-order valence-electron chi connectivity index (χ1n) is 6.43. The molecule has 0 aliphatic heterocycles. The summed E-state index contributed by atoms with van der Waals surface area (Å²) in [6, 6.07) is 4.84. The molecule has 1 rings (SSSR count). The largest absolute Gasteiger partial charge is 0.416 e. The molecule has 0 spiro atoms. The van der Waals surface area contributed by atoms with Gasteiger partial charge < -0.3 is 5.32 Å². The lowest BCUT2D eigenvalue weighted by molar-refractivity contribution is -0.137. The Kier molecular flexibility index (Phi) is 6.20. The van der Waals surface area contributed by atoms with E-state index < -0.39 is 22.5 Å². The van der Waals surface area contributed by atoms with Gasteiger partial charge in [-0.3, -0.25) is 4.21 Å². The monoisotopic (exact) mass is 307 g/mol. The third-order valence-corrected chi connectivity index (χ3v) is 4.58. The second kappa shape index (κ2) is 7.22. The average Bonchev–Trinajstić information content (AvgIpc) is 2.34. The van der Waals surface area contributed by atoms with Gasteiger partial charge in [-0.1, -0.05) is 26.0 Å². The molecule has 1 N–H and O–H groups in total. The standard InChI is InChI=1S/C14H20F3NOS/c1-10(2)8-20(19)9-13(18-3)11-5-4-6-12(7-11)14(15,16)17/h4-7,10,13,18H,8-9H2,1-3H3. The van der Waals surface area contributed by atoms with E-state index in [1.807, 2.05) is 13.8 Å². The molecular weight excluding hydrogens is 287 g/mol. The summed E-state index contributed by atoms with van der Waals surface area (Å²) in [5.74, 6) is 1.17. The zero-order valence-electron chi connectivity index (χ0n) is 11.8. The van der Waals surface area contributed by atoms with E-state index in [9.17, 15) is 17.4 Å². The fraction of sp³-hybridized carbons (Fsp3) is 0.571. The van der Waals surface area contributed by atoms with Crippen LogP contribution in [0.4, 0.5) is 13.2 Å². The Morgan fingerprint density at radius 2 is 1.90 bits per heavy atom. The summed E-state index contributed by atoms with van der Waals surface area (Å²) in [6.45, 7) is 3.94. The van der Waals surface area contributed by atoms with Crippen LogP contribution < -0.4 is 5.32 Å². The highest BCUT2D eigenvalue weighted by molar-refractivity contribution is 7.85. The molecular formula is C14H20F3NOS. The molecule has 2 atom stereocenters. The summed E-state index contributed by atoms with van der Waals surface area (Å²) in [4.78, 5) is 0. The van der Waals surface area contributed by atoms with Gasteiger partial charge in [-0.25, -0.2) is 0 Å². The Morgan fingerprint density at radius 1 is 1.25 bits per heavy atom. The van der Waals surface area contributed by atoms with Crippen LogP contribution in [-0.2, 0) is 17.0 Å². The van der Waals surface area contributed by atoms with Gasteiger partial charge in [0.05, 0.1) is 5.56 Å². The van der Waals surface area contributed by atoms with Crippen LogP contribution in [0.15, 0.2) is 24.3 Å². The van der Waals surface area contributed by atoms with Crippen LogP contribution in [0.3, 0.4) is 0 Å². The molecule has 0 amide bonds. The van der Waals surface area contributed by atoms with Crippen LogP contribution in [0.25, 0.3) is 0 Å². The topological polar surface area (TPSA) is 29.1 Å². The van der Waals surface area contributed by atoms with E-state index >= 15 is 0 Å². The fourth-order valence-corrected chi connectivity index (χ4v) is 3.51. The minimum Gasteiger partial charge on any atom is -0.312 e. The third kappa shape index (κ3) is 5.25. The number of nitrogens with one attached hydrogen (secondary N) is 1. The van der Waals surface area contributed by atoms with Gasteiger partial charge in [0.2, 0.25) is 0 Å². The summed E-state index contributed by atoms with van der Waals surface area (Å²) in [6.07, 6.45) is -4.36. The molecule has 6 heteroatoms. The van der Waals surface area contributed by atoms with Crippen molar-refractivity contribution >= 4 is 10.8 Å². The number of halogens is 3. The number of hydrogen-bond acceptors (Lipinski definition) is 2. The maximum Gasteiger partial charge on any atom is 0.416 e. The van der Waals surface area contributed by atoms with E-state index in [4.69, 9.17) is 0 Å². The minimum atomic E-state index is -4.36. The van der Waals surface area contributed by atoms with Crippen molar-refractivity contribution in [3.05, 3.63) is 35.4 Å². The highest BCUT2D eigenvalue weighted by atomic mass is 32.2. The molecule has 0 saturated carbocycles. The zero-order valence-corrected chi connectivity index (χ0v) is 12.6. The van der Waals surface area contributed by atoms with Crippen molar-refractivity contribution < 1.29 is 17.4 Å². The van der Waals surface area contributed by atoms with Crippen LogP contribution >= 0.6 is 0 Å². The van der Waals surface area contributed by atoms with Gasteiger partial charge in [0.15, 0.2) is 0 Å². The van der Waals surface area contributed by atoms with Crippen LogP contribution in [0, 0.1) is 5.92 Å². The van der Waals surface area contributed by atoms with Crippen LogP contribution in [-0.4, -0.2) is 22.8 Å². The first-order valence-corrected chi connectivity index (χ1v) is 7.92. The first-order chi connectivity index (χ1) is 9.24. The summed E-state index contributed by atoms with van der Waals surface area (Å²) >= 11 is 0. The van der Waals surface area contributed by atoms with Gasteiger partial charge >= 0.3 is 6.18 Å². The Labute approximate surface area is 120 Å². The lowest BCUT2D eigenvalue weighted by atomic mass is 10.1. The summed E-state index contributed by atoms with van der Waals surface area (Å²) in [5.41, 5.74) is -0.163. The van der Waals surface area contributed by atoms with Crippen molar-refractivity contribution in [2.24, 2.45) is 5.92 Å². The highest BCUT2D eigenvalue weighted by Crippen LogP contribution is 2.30. The SMILES string of the molecule is CNC(CS(=O)CC(C)C)c1cccc(C(F)(F)F)c1.